The highest BCUT2D eigenvalue weighted by atomic mass is 79.9. The summed E-state index contributed by atoms with van der Waals surface area (Å²) in [5, 5.41) is 9.61. The number of hydrogen-bond acceptors (Lipinski definition) is 3. The van der Waals surface area contributed by atoms with E-state index in [-0.39, 0.29) is 18.0 Å². The lowest BCUT2D eigenvalue weighted by Gasteiger charge is -2.07. The maximum atomic E-state index is 10.9. The minimum atomic E-state index is 0.000420. The Hall–Kier alpha value is -1.03. The Morgan fingerprint density at radius 3 is 2.71 bits per heavy atom. The zero-order valence-corrected chi connectivity index (χ0v) is 9.59. The molecule has 0 bridgehead atoms. The Morgan fingerprint density at radius 1 is 1.57 bits per heavy atom. The topological polar surface area (TPSA) is 46.5 Å². The van der Waals surface area contributed by atoms with Gasteiger partial charge >= 0.3 is 0 Å². The van der Waals surface area contributed by atoms with Crippen molar-refractivity contribution >= 4 is 21.7 Å². The van der Waals surface area contributed by atoms with E-state index >= 15 is 0 Å². The SMILES string of the molecule is COc1cc(Br)c(O)c(CC(C)=O)c1. The van der Waals surface area contributed by atoms with Crippen molar-refractivity contribution in [2.45, 2.75) is 13.3 Å². The summed E-state index contributed by atoms with van der Waals surface area (Å²) in [6.45, 7) is 1.48. The zero-order chi connectivity index (χ0) is 10.7. The molecule has 0 aliphatic carbocycles. The van der Waals surface area contributed by atoms with Crippen LogP contribution < -0.4 is 4.74 Å². The number of carbonyl (C=O) groups is 1. The van der Waals surface area contributed by atoms with E-state index in [0.717, 1.165) is 0 Å². The van der Waals surface area contributed by atoms with Gasteiger partial charge in [-0.2, -0.15) is 0 Å². The fourth-order valence-electron chi connectivity index (χ4n) is 1.15. The van der Waals surface area contributed by atoms with E-state index in [1.54, 1.807) is 12.1 Å². The molecule has 0 fully saturated rings. The molecule has 0 saturated carbocycles. The van der Waals surface area contributed by atoms with Gasteiger partial charge in [-0.05, 0) is 35.0 Å². The summed E-state index contributed by atoms with van der Waals surface area (Å²) in [7, 11) is 1.54. The van der Waals surface area contributed by atoms with Gasteiger partial charge in [-0.3, -0.25) is 4.79 Å². The Kier molecular flexibility index (Phi) is 3.52. The zero-order valence-electron chi connectivity index (χ0n) is 8.00. The maximum Gasteiger partial charge on any atom is 0.134 e. The van der Waals surface area contributed by atoms with Crippen LogP contribution in [0.25, 0.3) is 0 Å². The van der Waals surface area contributed by atoms with Crippen LogP contribution in [0.3, 0.4) is 0 Å². The van der Waals surface area contributed by atoms with Crippen molar-refractivity contribution in [3.63, 3.8) is 0 Å². The van der Waals surface area contributed by atoms with Gasteiger partial charge in [-0.1, -0.05) is 0 Å². The van der Waals surface area contributed by atoms with Gasteiger partial charge < -0.3 is 9.84 Å². The van der Waals surface area contributed by atoms with Gasteiger partial charge in [0.1, 0.15) is 17.3 Å². The highest BCUT2D eigenvalue weighted by Crippen LogP contribution is 2.32. The summed E-state index contributed by atoms with van der Waals surface area (Å²) < 4.78 is 5.56. The average Bonchev–Trinajstić information content (AvgIpc) is 2.11. The molecule has 76 valence electrons. The van der Waals surface area contributed by atoms with Gasteiger partial charge in [0.2, 0.25) is 0 Å². The highest BCUT2D eigenvalue weighted by molar-refractivity contribution is 9.10. The second-order valence-electron chi connectivity index (χ2n) is 3.00. The molecule has 0 aliphatic heterocycles. The first-order chi connectivity index (χ1) is 6.54. The predicted molar refractivity (Wildman–Crippen MR) is 56.7 cm³/mol. The van der Waals surface area contributed by atoms with Crippen LogP contribution in [0.4, 0.5) is 0 Å². The lowest BCUT2D eigenvalue weighted by atomic mass is 10.1. The van der Waals surface area contributed by atoms with E-state index in [0.29, 0.717) is 15.8 Å². The van der Waals surface area contributed by atoms with Gasteiger partial charge in [0, 0.05) is 12.0 Å². The Balaban J connectivity index is 3.13. The summed E-state index contributed by atoms with van der Waals surface area (Å²) in [4.78, 5) is 10.9. The Bertz CT molecular complexity index is 361. The molecule has 0 atom stereocenters. The van der Waals surface area contributed by atoms with Crippen molar-refractivity contribution in [3.8, 4) is 11.5 Å². The van der Waals surface area contributed by atoms with E-state index in [9.17, 15) is 9.90 Å². The second kappa shape index (κ2) is 4.46. The van der Waals surface area contributed by atoms with Gasteiger partial charge in [-0.25, -0.2) is 0 Å². The summed E-state index contributed by atoms with van der Waals surface area (Å²) in [6.07, 6.45) is 0.210. The monoisotopic (exact) mass is 258 g/mol. The molecule has 0 saturated heterocycles. The number of hydrogen-bond donors (Lipinski definition) is 1. The smallest absolute Gasteiger partial charge is 0.134 e. The van der Waals surface area contributed by atoms with Crippen molar-refractivity contribution < 1.29 is 14.6 Å². The molecule has 4 heteroatoms. The van der Waals surface area contributed by atoms with Crippen molar-refractivity contribution in [2.24, 2.45) is 0 Å². The van der Waals surface area contributed by atoms with Gasteiger partial charge in [0.15, 0.2) is 0 Å². The molecule has 1 aromatic carbocycles. The number of methoxy groups -OCH3 is 1. The van der Waals surface area contributed by atoms with Crippen molar-refractivity contribution in [3.05, 3.63) is 22.2 Å². The van der Waals surface area contributed by atoms with Gasteiger partial charge in [-0.15, -0.1) is 0 Å². The molecule has 0 unspecified atom stereocenters. The molecule has 14 heavy (non-hydrogen) atoms. The van der Waals surface area contributed by atoms with Crippen molar-refractivity contribution in [1.29, 1.82) is 0 Å². The predicted octanol–water partition coefficient (Wildman–Crippen LogP) is 2.29. The number of aromatic hydroxyl groups is 1. The van der Waals surface area contributed by atoms with Crippen molar-refractivity contribution in [2.75, 3.05) is 7.11 Å². The largest absolute Gasteiger partial charge is 0.506 e. The number of phenols is 1. The molecule has 1 rings (SSSR count). The van der Waals surface area contributed by atoms with Crippen LogP contribution in [0.2, 0.25) is 0 Å². The standard InChI is InChI=1S/C10H11BrO3/c1-6(12)3-7-4-8(14-2)5-9(11)10(7)13/h4-5,13H,3H2,1-2H3. The third-order valence-electron chi connectivity index (χ3n) is 1.79. The minimum absolute atomic E-state index is 0.000420. The fourth-order valence-corrected chi connectivity index (χ4v) is 1.63. The third kappa shape index (κ3) is 2.48. The molecule has 0 heterocycles. The highest BCUT2D eigenvalue weighted by Gasteiger charge is 2.10. The maximum absolute atomic E-state index is 10.9. The molecule has 0 aromatic heterocycles. The molecule has 0 aliphatic rings. The van der Waals surface area contributed by atoms with E-state index in [4.69, 9.17) is 4.74 Å². The number of rotatable bonds is 3. The number of halogens is 1. The van der Waals surface area contributed by atoms with Crippen LogP contribution in [0.15, 0.2) is 16.6 Å². The molecule has 0 radical (unpaired) electrons. The number of Topliss-reactive ketones (excluding diaryl/α,β-unsaturated/α-hetero) is 1. The van der Waals surface area contributed by atoms with Gasteiger partial charge in [0.25, 0.3) is 0 Å². The summed E-state index contributed by atoms with van der Waals surface area (Å²) in [5.74, 6) is 0.715. The van der Waals surface area contributed by atoms with Crippen LogP contribution in [0, 0.1) is 0 Å². The first-order valence-corrected chi connectivity index (χ1v) is 4.88. The number of carbonyl (C=O) groups excluding carboxylic acids is 1. The Morgan fingerprint density at radius 2 is 2.21 bits per heavy atom. The van der Waals surface area contributed by atoms with Crippen LogP contribution >= 0.6 is 15.9 Å². The number of phenolic OH excluding ortho intramolecular Hbond substituents is 1. The molecule has 3 nitrogen and oxygen atoms in total. The van der Waals surface area contributed by atoms with E-state index in [1.807, 2.05) is 0 Å². The summed E-state index contributed by atoms with van der Waals surface area (Å²) >= 11 is 3.19. The lowest BCUT2D eigenvalue weighted by Crippen LogP contribution is -1.97. The van der Waals surface area contributed by atoms with Crippen LogP contribution in [-0.2, 0) is 11.2 Å². The Labute approximate surface area is 90.8 Å². The molecule has 1 aromatic rings. The van der Waals surface area contributed by atoms with Crippen LogP contribution in [0.1, 0.15) is 12.5 Å². The summed E-state index contributed by atoms with van der Waals surface area (Å²) in [5.41, 5.74) is 0.573. The molecule has 0 amide bonds. The van der Waals surface area contributed by atoms with Crippen LogP contribution in [0.5, 0.6) is 11.5 Å². The van der Waals surface area contributed by atoms with E-state index in [2.05, 4.69) is 15.9 Å². The molecular formula is C10H11BrO3. The lowest BCUT2D eigenvalue weighted by molar-refractivity contribution is -0.116. The fraction of sp³-hybridized carbons (Fsp3) is 0.300. The quantitative estimate of drug-likeness (QED) is 0.905. The molecule has 0 spiro atoms. The number of ether oxygens (including phenoxy) is 1. The van der Waals surface area contributed by atoms with Crippen molar-refractivity contribution in [1.82, 2.24) is 0 Å². The third-order valence-corrected chi connectivity index (χ3v) is 2.40. The number of benzene rings is 1. The first kappa shape index (κ1) is 11.0. The number of ketones is 1. The van der Waals surface area contributed by atoms with E-state index in [1.165, 1.54) is 14.0 Å². The van der Waals surface area contributed by atoms with E-state index < -0.39 is 0 Å². The van der Waals surface area contributed by atoms with Crippen LogP contribution in [-0.4, -0.2) is 18.0 Å². The normalized spacial score (nSPS) is 9.93. The molecule has 1 N–H and O–H groups in total. The molecular weight excluding hydrogens is 248 g/mol. The van der Waals surface area contributed by atoms with Gasteiger partial charge in [0.05, 0.1) is 11.6 Å². The minimum Gasteiger partial charge on any atom is -0.506 e. The summed E-state index contributed by atoms with van der Waals surface area (Å²) in [6, 6.07) is 3.31. The first-order valence-electron chi connectivity index (χ1n) is 4.09. The average molecular weight is 259 g/mol. The second-order valence-corrected chi connectivity index (χ2v) is 3.85.